The first-order chi connectivity index (χ1) is 23.9. The van der Waals surface area contributed by atoms with Crippen LogP contribution in [-0.4, -0.2) is 77.9 Å². The summed E-state index contributed by atoms with van der Waals surface area (Å²) in [5.74, 6) is -2.44. The lowest BCUT2D eigenvalue weighted by Crippen LogP contribution is -2.71. The van der Waals surface area contributed by atoms with E-state index in [1.807, 2.05) is 12.3 Å². The number of phenols is 1. The number of rotatable bonds is 15. The molecule has 5 atom stereocenters. The van der Waals surface area contributed by atoms with Gasteiger partial charge < -0.3 is 37.3 Å². The van der Waals surface area contributed by atoms with Gasteiger partial charge in [0.2, 0.25) is 17.7 Å². The van der Waals surface area contributed by atoms with Crippen LogP contribution < -0.4 is 27.4 Å². The number of esters is 1. The topological polar surface area (TPSA) is 203 Å². The number of ketones is 1. The molecule has 51 heavy (non-hydrogen) atoms. The summed E-state index contributed by atoms with van der Waals surface area (Å²) in [5.41, 5.74) is 12.5. The molecule has 4 saturated carbocycles. The minimum absolute atomic E-state index is 0. The number of carbonyl (C=O) groups excluding carboxylic acids is 5. The van der Waals surface area contributed by atoms with Crippen molar-refractivity contribution < 1.29 is 33.8 Å². The number of amides is 3. The smallest absolute Gasteiger partial charge is 0.312 e. The SMILES string of the molecule is COC(=O)C12CC3CC(CC(N)(C3)C1C(=O)C(=Cc1ccccc1)NC(=O)CNC(=O)[C@@H](CCSC)NC(=O)[C@@H](N)Cc1ccc(O)cc1)C2.Cl. The molecule has 4 aliphatic carbocycles. The maximum Gasteiger partial charge on any atom is 0.312 e. The Balaban J connectivity index is 0.00000583. The predicted octanol–water partition coefficient (Wildman–Crippen LogP) is 2.46. The quantitative estimate of drug-likeness (QED) is 0.116. The lowest BCUT2D eigenvalue weighted by molar-refractivity contribution is -0.186. The van der Waals surface area contributed by atoms with Crippen molar-refractivity contribution in [1.29, 1.82) is 0 Å². The number of ether oxygens (including phenoxy) is 1. The summed E-state index contributed by atoms with van der Waals surface area (Å²) in [6.45, 7) is -0.478. The molecule has 14 heteroatoms. The van der Waals surface area contributed by atoms with Crippen molar-refractivity contribution in [1.82, 2.24) is 16.0 Å². The van der Waals surface area contributed by atoms with E-state index in [9.17, 15) is 29.1 Å². The zero-order chi connectivity index (χ0) is 36.1. The van der Waals surface area contributed by atoms with Gasteiger partial charge in [0.25, 0.3) is 0 Å². The van der Waals surface area contributed by atoms with Crippen molar-refractivity contribution in [3.05, 3.63) is 71.4 Å². The fourth-order valence-corrected chi connectivity index (χ4v) is 9.00. The lowest BCUT2D eigenvalue weighted by Gasteiger charge is -2.63. The highest BCUT2D eigenvalue weighted by Crippen LogP contribution is 2.64. The van der Waals surface area contributed by atoms with Gasteiger partial charge in [0.05, 0.1) is 36.7 Å². The maximum atomic E-state index is 14.6. The van der Waals surface area contributed by atoms with E-state index < -0.39 is 65.0 Å². The first-order valence-corrected chi connectivity index (χ1v) is 18.4. The van der Waals surface area contributed by atoms with Gasteiger partial charge in [-0.05, 0) is 98.1 Å². The predicted molar refractivity (Wildman–Crippen MR) is 197 cm³/mol. The summed E-state index contributed by atoms with van der Waals surface area (Å²) in [6.07, 6.45) is 7.15. The van der Waals surface area contributed by atoms with Crippen molar-refractivity contribution in [2.45, 2.75) is 62.6 Å². The fourth-order valence-electron chi connectivity index (χ4n) is 8.53. The molecule has 0 radical (unpaired) electrons. The summed E-state index contributed by atoms with van der Waals surface area (Å²) in [4.78, 5) is 67.7. The molecule has 12 nitrogen and oxygen atoms in total. The van der Waals surface area contributed by atoms with Gasteiger partial charge in [-0.15, -0.1) is 12.4 Å². The molecule has 4 fully saturated rings. The Bertz CT molecular complexity index is 1610. The summed E-state index contributed by atoms with van der Waals surface area (Å²) in [5, 5.41) is 17.5. The molecule has 0 saturated heterocycles. The Kier molecular flexibility index (Phi) is 13.3. The van der Waals surface area contributed by atoms with Crippen LogP contribution in [0.2, 0.25) is 0 Å². The molecule has 0 aliphatic heterocycles. The monoisotopic (exact) mass is 741 g/mol. The Labute approximate surface area is 308 Å². The molecular weight excluding hydrogens is 694 g/mol. The number of halogens is 1. The van der Waals surface area contributed by atoms with Gasteiger partial charge >= 0.3 is 5.97 Å². The first kappa shape index (κ1) is 39.9. The number of nitrogens with one attached hydrogen (secondary N) is 3. The lowest BCUT2D eigenvalue weighted by atomic mass is 9.41. The van der Waals surface area contributed by atoms with Crippen molar-refractivity contribution >= 4 is 59.7 Å². The zero-order valence-electron chi connectivity index (χ0n) is 28.9. The molecule has 0 spiro atoms. The highest BCUT2D eigenvalue weighted by atomic mass is 35.5. The Hall–Kier alpha value is -3.91. The van der Waals surface area contributed by atoms with Crippen molar-refractivity contribution in [3.63, 3.8) is 0 Å². The van der Waals surface area contributed by atoms with Gasteiger partial charge in [0, 0.05) is 5.54 Å². The van der Waals surface area contributed by atoms with Gasteiger partial charge in [0.1, 0.15) is 11.8 Å². The number of nitrogens with two attached hydrogens (primary N) is 2. The molecule has 6 rings (SSSR count). The van der Waals surface area contributed by atoms with E-state index in [0.29, 0.717) is 43.4 Å². The summed E-state index contributed by atoms with van der Waals surface area (Å²) >= 11 is 1.50. The molecule has 2 aromatic carbocycles. The second kappa shape index (κ2) is 17.1. The molecule has 0 aromatic heterocycles. The highest BCUT2D eigenvalue weighted by molar-refractivity contribution is 7.98. The number of thioether (sulfide) groups is 1. The number of allylic oxidation sites excluding steroid dienone is 1. The van der Waals surface area contributed by atoms with E-state index in [2.05, 4.69) is 16.0 Å². The third-order valence-electron chi connectivity index (χ3n) is 10.3. The van der Waals surface area contributed by atoms with Crippen LogP contribution in [-0.2, 0) is 35.1 Å². The van der Waals surface area contributed by atoms with Crippen LogP contribution >= 0.6 is 24.2 Å². The van der Waals surface area contributed by atoms with E-state index in [4.69, 9.17) is 16.2 Å². The Morgan fingerprint density at radius 2 is 1.65 bits per heavy atom. The van der Waals surface area contributed by atoms with E-state index in [1.165, 1.54) is 31.0 Å². The molecule has 3 amide bonds. The molecular formula is C37H48ClN5O7S. The van der Waals surface area contributed by atoms with Crippen LogP contribution in [0.3, 0.4) is 0 Å². The molecule has 276 valence electrons. The third-order valence-corrected chi connectivity index (χ3v) is 11.0. The highest BCUT2D eigenvalue weighted by Gasteiger charge is 2.68. The van der Waals surface area contributed by atoms with Crippen LogP contribution in [0.15, 0.2) is 60.3 Å². The summed E-state index contributed by atoms with van der Waals surface area (Å²) < 4.78 is 5.28. The van der Waals surface area contributed by atoms with Gasteiger partial charge in [-0.25, -0.2) is 0 Å². The normalized spacial score (nSPS) is 25.9. The minimum atomic E-state index is -1.08. The standard InChI is InChI=1S/C37H47N5O7S.ClH/c1-49-35(48)36-17-24-14-25(18-36)20-37(39,19-24)32(36)31(45)29(16-22-6-4-3-5-7-22)41-30(44)21-40-34(47)28(12-13-50-2)42-33(46)27(38)15-23-8-10-26(43)11-9-23;/h3-11,16,24-25,27-28,32,43H,12-15,17-21,38-39H2,1-2H3,(H,40,47)(H,41,44)(H,42,46);1H/t24?,25?,27-,28+,32?,36?,37?;/m0./s1. The Morgan fingerprint density at radius 1 is 1.00 bits per heavy atom. The second-order valence-electron chi connectivity index (χ2n) is 14.0. The average molecular weight is 742 g/mol. The number of phenolic OH excluding ortho intramolecular Hbond substituents is 1. The fraction of sp³-hybridized carbons (Fsp3) is 0.486. The van der Waals surface area contributed by atoms with Gasteiger partial charge in [-0.1, -0.05) is 42.5 Å². The van der Waals surface area contributed by atoms with Crippen LogP contribution in [0.1, 0.15) is 49.7 Å². The maximum absolute atomic E-state index is 14.6. The number of aromatic hydroxyl groups is 1. The second-order valence-corrected chi connectivity index (χ2v) is 15.0. The first-order valence-electron chi connectivity index (χ1n) is 17.0. The Morgan fingerprint density at radius 3 is 2.25 bits per heavy atom. The van der Waals surface area contributed by atoms with Crippen molar-refractivity contribution in [2.75, 3.05) is 25.7 Å². The number of Topliss-reactive ketones (excluding diaryl/α,β-unsaturated/α-hetero) is 1. The molecule has 2 aromatic rings. The average Bonchev–Trinajstić information content (AvgIpc) is 3.08. The molecule has 4 aliphatic rings. The number of hydrogen-bond donors (Lipinski definition) is 6. The summed E-state index contributed by atoms with van der Waals surface area (Å²) in [6, 6.07) is 13.4. The molecule has 4 bridgehead atoms. The van der Waals surface area contributed by atoms with Gasteiger partial charge in [0.15, 0.2) is 5.78 Å². The van der Waals surface area contributed by atoms with Crippen LogP contribution in [0.25, 0.3) is 6.08 Å². The van der Waals surface area contributed by atoms with Gasteiger partial charge in [-0.3, -0.25) is 24.0 Å². The number of carbonyl (C=O) groups is 5. The summed E-state index contributed by atoms with van der Waals surface area (Å²) in [7, 11) is 1.33. The van der Waals surface area contributed by atoms with E-state index in [-0.39, 0.29) is 42.1 Å². The van der Waals surface area contributed by atoms with E-state index in [0.717, 1.165) is 12.0 Å². The molecule has 8 N–H and O–H groups in total. The zero-order valence-corrected chi connectivity index (χ0v) is 30.5. The van der Waals surface area contributed by atoms with Crippen molar-refractivity contribution in [2.24, 2.45) is 34.6 Å². The van der Waals surface area contributed by atoms with E-state index in [1.54, 1.807) is 42.5 Å². The number of methoxy groups -OCH3 is 1. The molecule has 0 heterocycles. The van der Waals surface area contributed by atoms with Crippen LogP contribution in [0.4, 0.5) is 0 Å². The molecule has 3 unspecified atom stereocenters. The van der Waals surface area contributed by atoms with E-state index >= 15 is 0 Å². The number of benzene rings is 2. The van der Waals surface area contributed by atoms with Crippen LogP contribution in [0.5, 0.6) is 5.75 Å². The minimum Gasteiger partial charge on any atom is -0.508 e. The van der Waals surface area contributed by atoms with Crippen LogP contribution in [0, 0.1) is 23.2 Å². The number of hydrogen-bond acceptors (Lipinski definition) is 10. The largest absolute Gasteiger partial charge is 0.508 e. The third kappa shape index (κ3) is 9.12. The van der Waals surface area contributed by atoms with Crippen molar-refractivity contribution in [3.8, 4) is 5.75 Å². The van der Waals surface area contributed by atoms with Gasteiger partial charge in [-0.2, -0.15) is 11.8 Å².